The van der Waals surface area contributed by atoms with Crippen molar-refractivity contribution in [1.82, 2.24) is 0 Å². The van der Waals surface area contributed by atoms with Crippen LogP contribution >= 0.6 is 50.7 Å². The van der Waals surface area contributed by atoms with E-state index in [9.17, 15) is 0 Å². The molecule has 0 aliphatic rings. The Kier molecular flexibility index (Phi) is 4.79. The molecule has 0 atom stereocenters. The Hall–Kier alpha value is -0.410. The van der Waals surface area contributed by atoms with E-state index in [1.165, 1.54) is 0 Å². The number of nitrogens with one attached hydrogen (secondary N) is 1. The molecule has 0 fully saturated rings. The number of halogens is 4. The van der Waals surface area contributed by atoms with E-state index in [1.807, 2.05) is 36.4 Å². The second kappa shape index (κ2) is 6.16. The van der Waals surface area contributed by atoms with Crippen LogP contribution in [0, 0.1) is 0 Å². The van der Waals surface area contributed by atoms with Crippen LogP contribution in [0.2, 0.25) is 15.1 Å². The normalized spacial score (nSPS) is 10.4. The van der Waals surface area contributed by atoms with Crippen LogP contribution in [0.4, 0.5) is 5.69 Å². The van der Waals surface area contributed by atoms with Crippen LogP contribution < -0.4 is 5.32 Å². The molecule has 0 bridgehead atoms. The van der Waals surface area contributed by atoms with E-state index in [4.69, 9.17) is 34.8 Å². The Morgan fingerprint density at radius 3 is 2.22 bits per heavy atom. The van der Waals surface area contributed by atoms with Gasteiger partial charge in [0, 0.05) is 26.6 Å². The van der Waals surface area contributed by atoms with Crippen LogP contribution in [0.1, 0.15) is 5.56 Å². The maximum atomic E-state index is 6.12. The number of rotatable bonds is 3. The Morgan fingerprint density at radius 1 is 0.944 bits per heavy atom. The van der Waals surface area contributed by atoms with Gasteiger partial charge < -0.3 is 5.32 Å². The molecule has 94 valence electrons. The minimum absolute atomic E-state index is 0.528. The second-order valence-corrected chi connectivity index (χ2v) is 5.82. The summed E-state index contributed by atoms with van der Waals surface area (Å²) in [4.78, 5) is 0. The zero-order chi connectivity index (χ0) is 13.1. The Morgan fingerprint density at radius 2 is 1.61 bits per heavy atom. The van der Waals surface area contributed by atoms with E-state index in [1.54, 1.807) is 0 Å². The first-order valence-electron chi connectivity index (χ1n) is 5.20. The van der Waals surface area contributed by atoms with Crippen molar-refractivity contribution in [3.8, 4) is 0 Å². The topological polar surface area (TPSA) is 12.0 Å². The summed E-state index contributed by atoms with van der Waals surface area (Å²) in [5, 5.41) is 5.15. The summed E-state index contributed by atoms with van der Waals surface area (Å²) < 4.78 is 0.939. The molecule has 0 heterocycles. The van der Waals surface area contributed by atoms with E-state index in [0.29, 0.717) is 21.6 Å². The molecule has 18 heavy (non-hydrogen) atoms. The molecular formula is C13H9BrCl3N. The summed E-state index contributed by atoms with van der Waals surface area (Å²) in [6.45, 7) is 0.528. The third-order valence-electron chi connectivity index (χ3n) is 2.45. The van der Waals surface area contributed by atoms with Crippen molar-refractivity contribution >= 4 is 56.4 Å². The lowest BCUT2D eigenvalue weighted by Crippen LogP contribution is -2.01. The molecule has 0 amide bonds. The summed E-state index contributed by atoms with van der Waals surface area (Å²) in [5.41, 5.74) is 1.70. The molecule has 2 aromatic rings. The molecule has 0 saturated carbocycles. The number of anilines is 1. The first-order valence-corrected chi connectivity index (χ1v) is 7.12. The first-order chi connectivity index (χ1) is 8.58. The fourth-order valence-electron chi connectivity index (χ4n) is 1.52. The number of hydrogen-bond donors (Lipinski definition) is 1. The van der Waals surface area contributed by atoms with Gasteiger partial charge in [-0.15, -0.1) is 0 Å². The minimum Gasteiger partial charge on any atom is -0.380 e. The molecule has 2 aromatic carbocycles. The standard InChI is InChI=1S/C13H9BrCl3N/c14-8-4-5-13(12(17)6-8)18-7-9-10(15)2-1-3-11(9)16/h1-6,18H,7H2. The number of hydrogen-bond acceptors (Lipinski definition) is 1. The highest BCUT2D eigenvalue weighted by Crippen LogP contribution is 2.29. The van der Waals surface area contributed by atoms with Crippen LogP contribution in [0.15, 0.2) is 40.9 Å². The Bertz CT molecular complexity index is 552. The molecule has 0 radical (unpaired) electrons. The molecule has 0 saturated heterocycles. The highest BCUT2D eigenvalue weighted by atomic mass is 79.9. The Labute approximate surface area is 129 Å². The third-order valence-corrected chi connectivity index (χ3v) is 3.96. The van der Waals surface area contributed by atoms with E-state index < -0.39 is 0 Å². The first kappa shape index (κ1) is 14.0. The van der Waals surface area contributed by atoms with Gasteiger partial charge in [-0.1, -0.05) is 56.8 Å². The smallest absolute Gasteiger partial charge is 0.0648 e. The summed E-state index contributed by atoms with van der Waals surface area (Å²) in [6.07, 6.45) is 0. The Balaban J connectivity index is 2.16. The molecule has 5 heteroatoms. The van der Waals surface area contributed by atoms with Crippen molar-refractivity contribution in [3.05, 3.63) is 61.5 Å². The fourth-order valence-corrected chi connectivity index (χ4v) is 2.79. The van der Waals surface area contributed by atoms with Gasteiger partial charge >= 0.3 is 0 Å². The van der Waals surface area contributed by atoms with Crippen LogP contribution in [-0.4, -0.2) is 0 Å². The number of benzene rings is 2. The summed E-state index contributed by atoms with van der Waals surface area (Å²) in [6, 6.07) is 11.1. The lowest BCUT2D eigenvalue weighted by atomic mass is 10.2. The van der Waals surface area contributed by atoms with E-state index in [0.717, 1.165) is 15.7 Å². The van der Waals surface area contributed by atoms with E-state index in [-0.39, 0.29) is 0 Å². The predicted molar refractivity (Wildman–Crippen MR) is 82.9 cm³/mol. The zero-order valence-electron chi connectivity index (χ0n) is 9.18. The molecule has 0 aliphatic carbocycles. The largest absolute Gasteiger partial charge is 0.380 e. The van der Waals surface area contributed by atoms with Crippen molar-refractivity contribution in [2.75, 3.05) is 5.32 Å². The highest BCUT2D eigenvalue weighted by Gasteiger charge is 2.06. The maximum absolute atomic E-state index is 6.12. The molecule has 0 unspecified atom stereocenters. The van der Waals surface area contributed by atoms with Crippen molar-refractivity contribution in [3.63, 3.8) is 0 Å². The molecule has 1 nitrogen and oxygen atoms in total. The second-order valence-electron chi connectivity index (χ2n) is 3.68. The third kappa shape index (κ3) is 3.33. The predicted octanol–water partition coefficient (Wildman–Crippen LogP) is 6.02. The van der Waals surface area contributed by atoms with Crippen molar-refractivity contribution in [2.45, 2.75) is 6.54 Å². The summed E-state index contributed by atoms with van der Waals surface area (Å²) in [5.74, 6) is 0. The minimum atomic E-state index is 0.528. The fraction of sp³-hybridized carbons (Fsp3) is 0.0769. The average molecular weight is 365 g/mol. The average Bonchev–Trinajstić information content (AvgIpc) is 2.31. The van der Waals surface area contributed by atoms with Crippen molar-refractivity contribution in [1.29, 1.82) is 0 Å². The lowest BCUT2D eigenvalue weighted by molar-refractivity contribution is 1.15. The SMILES string of the molecule is Clc1cc(Br)ccc1NCc1c(Cl)cccc1Cl. The van der Waals surface area contributed by atoms with Crippen LogP contribution in [-0.2, 0) is 6.54 Å². The van der Waals surface area contributed by atoms with Crippen LogP contribution in [0.5, 0.6) is 0 Å². The van der Waals surface area contributed by atoms with Gasteiger partial charge in [0.2, 0.25) is 0 Å². The quantitative estimate of drug-likeness (QED) is 0.701. The van der Waals surface area contributed by atoms with E-state index in [2.05, 4.69) is 21.2 Å². The molecule has 0 aliphatic heterocycles. The molecule has 2 rings (SSSR count). The monoisotopic (exact) mass is 363 g/mol. The molecule has 1 N–H and O–H groups in total. The van der Waals surface area contributed by atoms with Gasteiger partial charge in [0.15, 0.2) is 0 Å². The highest BCUT2D eigenvalue weighted by molar-refractivity contribution is 9.10. The molecule has 0 aromatic heterocycles. The van der Waals surface area contributed by atoms with Gasteiger partial charge in [0.05, 0.1) is 10.7 Å². The molecule has 0 spiro atoms. The summed E-state index contributed by atoms with van der Waals surface area (Å²) >= 11 is 21.7. The van der Waals surface area contributed by atoms with Gasteiger partial charge in [-0.3, -0.25) is 0 Å². The van der Waals surface area contributed by atoms with E-state index >= 15 is 0 Å². The van der Waals surface area contributed by atoms with Crippen LogP contribution in [0.25, 0.3) is 0 Å². The van der Waals surface area contributed by atoms with Gasteiger partial charge in [-0.25, -0.2) is 0 Å². The van der Waals surface area contributed by atoms with Gasteiger partial charge in [0.1, 0.15) is 0 Å². The van der Waals surface area contributed by atoms with Gasteiger partial charge in [-0.05, 0) is 30.3 Å². The van der Waals surface area contributed by atoms with Crippen molar-refractivity contribution in [2.24, 2.45) is 0 Å². The van der Waals surface area contributed by atoms with Crippen molar-refractivity contribution < 1.29 is 0 Å². The summed E-state index contributed by atoms with van der Waals surface area (Å²) in [7, 11) is 0. The maximum Gasteiger partial charge on any atom is 0.0648 e. The van der Waals surface area contributed by atoms with Crippen LogP contribution in [0.3, 0.4) is 0 Å². The molecular weight excluding hydrogens is 356 g/mol. The van der Waals surface area contributed by atoms with Gasteiger partial charge in [0.25, 0.3) is 0 Å². The lowest BCUT2D eigenvalue weighted by Gasteiger charge is -2.11. The van der Waals surface area contributed by atoms with Gasteiger partial charge in [-0.2, -0.15) is 0 Å². The zero-order valence-corrected chi connectivity index (χ0v) is 13.0.